The van der Waals surface area contributed by atoms with E-state index in [0.29, 0.717) is 49.0 Å². The highest BCUT2D eigenvalue weighted by Gasteiger charge is 2.32. The number of pyridine rings is 2. The molecule has 2 aromatic rings. The van der Waals surface area contributed by atoms with Gasteiger partial charge in [-0.3, -0.25) is 9.97 Å². The molecule has 5 rings (SSSR count). The first kappa shape index (κ1) is 44.2. The Morgan fingerprint density at radius 1 is 1.06 bits per heavy atom. The minimum atomic E-state index is -0.675. The Balaban J connectivity index is 0.000000361. The predicted octanol–water partition coefficient (Wildman–Crippen LogP) is 7.08. The van der Waals surface area contributed by atoms with Crippen molar-refractivity contribution in [1.29, 1.82) is 0 Å². The van der Waals surface area contributed by atoms with Crippen LogP contribution in [0.1, 0.15) is 82.8 Å². The molecule has 3 aliphatic heterocycles. The standard InChI is InChI=1S/C22H31ClN2O4.C14H19ClN2O2.2ClH/c1-21(2,3)29-20(26)25-10-8-16(9-11-25)19-18(23)12-15(13-24-19)6-7-17-14-27-22(4,5)28-17;15-13-7-10(1-2-12(19)9-18)8-17-14(13)11-3-5-16-6-4-11;;/h8,12-13,17H,6-7,9-11,14H2,1-5H3;3,7-8,12,16,18-19H,1-2,4-6,9H2;2*1H/t17-;12-;;/m00../s1. The molecule has 3 N–H and O–H groups in total. The minimum absolute atomic E-state index is 0. The van der Waals surface area contributed by atoms with Gasteiger partial charge >= 0.3 is 6.09 Å². The van der Waals surface area contributed by atoms with Gasteiger partial charge in [-0.2, -0.15) is 0 Å². The van der Waals surface area contributed by atoms with Crippen molar-refractivity contribution in [3.8, 4) is 0 Å². The average molecular weight is 779 g/mol. The van der Waals surface area contributed by atoms with Gasteiger partial charge in [0.1, 0.15) is 5.60 Å². The van der Waals surface area contributed by atoms with E-state index in [1.807, 2.05) is 59.0 Å². The summed E-state index contributed by atoms with van der Waals surface area (Å²) in [6.45, 7) is 12.8. The number of aliphatic hydroxyl groups is 2. The number of hydrogen-bond acceptors (Lipinski definition) is 9. The Labute approximate surface area is 318 Å². The van der Waals surface area contributed by atoms with Gasteiger partial charge in [-0.15, -0.1) is 24.8 Å². The van der Waals surface area contributed by atoms with Gasteiger partial charge in [0.05, 0.1) is 46.9 Å². The Bertz CT molecular complexity index is 1470. The first-order valence-corrected chi connectivity index (χ1v) is 17.5. The lowest BCUT2D eigenvalue weighted by Gasteiger charge is -2.29. The number of ether oxygens (including phenoxy) is 3. The molecular formula is C36H52Cl4N4O6. The van der Waals surface area contributed by atoms with Crippen molar-refractivity contribution in [2.75, 3.05) is 39.4 Å². The second kappa shape index (κ2) is 20.3. The summed E-state index contributed by atoms with van der Waals surface area (Å²) in [5.74, 6) is -0.495. The molecule has 0 aliphatic carbocycles. The largest absolute Gasteiger partial charge is 0.444 e. The number of carbonyl (C=O) groups excluding carboxylic acids is 1. The quantitative estimate of drug-likeness (QED) is 0.245. The van der Waals surface area contributed by atoms with Crippen LogP contribution in [0.3, 0.4) is 0 Å². The molecule has 280 valence electrons. The molecule has 2 atom stereocenters. The topological polar surface area (TPSA) is 126 Å². The SMILES string of the molecule is CC(C)(C)OC(=O)N1CC=C(c2ncc(CC[C@H]3COC(C)(C)O3)cc2Cl)CC1.Cl.Cl.OC[C@@H](O)CCc1cnc(C2=CCNCC2)c(Cl)c1. The molecular weight excluding hydrogens is 726 g/mol. The molecule has 5 heterocycles. The van der Waals surface area contributed by atoms with Crippen molar-refractivity contribution in [2.24, 2.45) is 0 Å². The summed E-state index contributed by atoms with van der Waals surface area (Å²) in [7, 11) is 0. The van der Waals surface area contributed by atoms with Crippen molar-refractivity contribution < 1.29 is 29.2 Å². The van der Waals surface area contributed by atoms with Crippen LogP contribution >= 0.6 is 48.0 Å². The zero-order valence-corrected chi connectivity index (χ0v) is 32.7. The van der Waals surface area contributed by atoms with Gasteiger partial charge in [0.15, 0.2) is 5.79 Å². The summed E-state index contributed by atoms with van der Waals surface area (Å²) in [6.07, 6.45) is 11.5. The lowest BCUT2D eigenvalue weighted by molar-refractivity contribution is -0.138. The third-order valence-corrected chi connectivity index (χ3v) is 8.70. The van der Waals surface area contributed by atoms with Crippen LogP contribution in [0.25, 0.3) is 11.1 Å². The van der Waals surface area contributed by atoms with Gasteiger partial charge in [0, 0.05) is 32.0 Å². The zero-order chi connectivity index (χ0) is 34.9. The van der Waals surface area contributed by atoms with Crippen LogP contribution in [0.4, 0.5) is 4.79 Å². The van der Waals surface area contributed by atoms with Crippen LogP contribution < -0.4 is 5.32 Å². The fourth-order valence-corrected chi connectivity index (χ4v) is 6.19. The zero-order valence-electron chi connectivity index (χ0n) is 29.5. The number of nitrogens with zero attached hydrogens (tertiary/aromatic N) is 3. The molecule has 1 saturated heterocycles. The maximum absolute atomic E-state index is 12.2. The molecule has 10 nitrogen and oxygen atoms in total. The average Bonchev–Trinajstić information content (AvgIpc) is 3.41. The van der Waals surface area contributed by atoms with Crippen LogP contribution in [0.15, 0.2) is 36.7 Å². The van der Waals surface area contributed by atoms with Crippen molar-refractivity contribution >= 4 is 65.3 Å². The Kier molecular flexibility index (Phi) is 17.9. The Morgan fingerprint density at radius 3 is 2.16 bits per heavy atom. The highest BCUT2D eigenvalue weighted by Crippen LogP contribution is 2.30. The minimum Gasteiger partial charge on any atom is -0.444 e. The fraction of sp³-hybridized carbons (Fsp3) is 0.583. The number of aromatic nitrogens is 2. The molecule has 1 amide bonds. The number of carbonyl (C=O) groups is 1. The summed E-state index contributed by atoms with van der Waals surface area (Å²) >= 11 is 12.8. The molecule has 0 radical (unpaired) electrons. The number of halogens is 4. The van der Waals surface area contributed by atoms with E-state index in [2.05, 4.69) is 21.4 Å². The lowest BCUT2D eigenvalue weighted by atomic mass is 10.0. The van der Waals surface area contributed by atoms with Crippen LogP contribution in [0.2, 0.25) is 10.0 Å². The highest BCUT2D eigenvalue weighted by molar-refractivity contribution is 6.32. The van der Waals surface area contributed by atoms with Crippen LogP contribution in [-0.2, 0) is 27.1 Å². The number of aryl methyl sites for hydroxylation is 2. The van der Waals surface area contributed by atoms with Crippen molar-refractivity contribution in [1.82, 2.24) is 20.2 Å². The molecule has 2 aromatic heterocycles. The highest BCUT2D eigenvalue weighted by atomic mass is 35.5. The van der Waals surface area contributed by atoms with E-state index < -0.39 is 17.5 Å². The maximum Gasteiger partial charge on any atom is 0.410 e. The molecule has 0 unspecified atom stereocenters. The number of rotatable bonds is 9. The third kappa shape index (κ3) is 13.9. The molecule has 0 spiro atoms. The number of aliphatic hydroxyl groups excluding tert-OH is 2. The first-order chi connectivity index (χ1) is 22.7. The molecule has 50 heavy (non-hydrogen) atoms. The normalized spacial score (nSPS) is 19.1. The van der Waals surface area contributed by atoms with E-state index in [9.17, 15) is 9.90 Å². The van der Waals surface area contributed by atoms with Gasteiger partial charge in [-0.05, 0) is 114 Å². The van der Waals surface area contributed by atoms with Gasteiger partial charge in [-0.25, -0.2) is 4.79 Å². The molecule has 0 bridgehead atoms. The molecule has 1 fully saturated rings. The van der Waals surface area contributed by atoms with Crippen LogP contribution in [-0.4, -0.2) is 94.2 Å². The number of amides is 1. The van der Waals surface area contributed by atoms with Crippen LogP contribution in [0, 0.1) is 0 Å². The summed E-state index contributed by atoms with van der Waals surface area (Å²) in [4.78, 5) is 22.9. The number of hydrogen-bond donors (Lipinski definition) is 3. The smallest absolute Gasteiger partial charge is 0.410 e. The summed E-state index contributed by atoms with van der Waals surface area (Å²) in [5.41, 5.74) is 5.47. The van der Waals surface area contributed by atoms with Crippen molar-refractivity contribution in [3.63, 3.8) is 0 Å². The van der Waals surface area contributed by atoms with Crippen LogP contribution in [0.5, 0.6) is 0 Å². The van der Waals surface area contributed by atoms with Crippen molar-refractivity contribution in [2.45, 2.75) is 96.7 Å². The van der Waals surface area contributed by atoms with E-state index in [0.717, 1.165) is 60.4 Å². The van der Waals surface area contributed by atoms with E-state index in [1.165, 1.54) is 5.57 Å². The molecule has 14 heteroatoms. The van der Waals surface area contributed by atoms with Gasteiger partial charge in [-0.1, -0.05) is 35.4 Å². The van der Waals surface area contributed by atoms with Gasteiger partial charge in [0.25, 0.3) is 0 Å². The molecule has 3 aliphatic rings. The number of nitrogens with one attached hydrogen (secondary N) is 1. The van der Waals surface area contributed by atoms with E-state index in [4.69, 9.17) is 42.5 Å². The third-order valence-electron chi connectivity index (χ3n) is 8.13. The second-order valence-electron chi connectivity index (χ2n) is 13.8. The summed E-state index contributed by atoms with van der Waals surface area (Å²) < 4.78 is 16.9. The van der Waals surface area contributed by atoms with E-state index in [-0.39, 0.29) is 43.6 Å². The van der Waals surface area contributed by atoms with Crippen molar-refractivity contribution in [3.05, 3.63) is 69.2 Å². The fourth-order valence-electron chi connectivity index (χ4n) is 5.57. The van der Waals surface area contributed by atoms with E-state index in [1.54, 1.807) is 11.1 Å². The summed E-state index contributed by atoms with van der Waals surface area (Å²) in [5, 5.41) is 22.7. The Morgan fingerprint density at radius 2 is 1.68 bits per heavy atom. The molecule has 0 saturated carbocycles. The lowest BCUT2D eigenvalue weighted by Crippen LogP contribution is -2.39. The maximum atomic E-state index is 12.2. The van der Waals surface area contributed by atoms with E-state index >= 15 is 0 Å². The van der Waals surface area contributed by atoms with Gasteiger partial charge in [0.2, 0.25) is 0 Å². The Hall–Kier alpha value is -1.99. The van der Waals surface area contributed by atoms with Gasteiger partial charge < -0.3 is 34.6 Å². The monoisotopic (exact) mass is 776 g/mol. The first-order valence-electron chi connectivity index (χ1n) is 16.7. The predicted molar refractivity (Wildman–Crippen MR) is 203 cm³/mol. The molecule has 0 aromatic carbocycles. The summed E-state index contributed by atoms with van der Waals surface area (Å²) in [6, 6.07) is 3.88. The second-order valence-corrected chi connectivity index (χ2v) is 14.6.